The molecule has 7 N–H and O–H groups in total. The largest absolute Gasteiger partial charge is 0.504 e. The summed E-state index contributed by atoms with van der Waals surface area (Å²) in [5.74, 6) is 4.28. The number of fused-ring (bicyclic) bond motifs is 3. The summed E-state index contributed by atoms with van der Waals surface area (Å²) in [6.07, 6.45) is 33.7. The summed E-state index contributed by atoms with van der Waals surface area (Å²) in [4.78, 5) is 35.8. The number of benzene rings is 2. The van der Waals surface area contributed by atoms with Crippen LogP contribution in [0, 0.1) is 62.6 Å². The van der Waals surface area contributed by atoms with Crippen LogP contribution in [0.4, 0.5) is 0 Å². The molecule has 18 rings (SSSR count). The van der Waals surface area contributed by atoms with Crippen LogP contribution in [0.5, 0.6) is 11.5 Å². The van der Waals surface area contributed by atoms with Crippen LogP contribution in [0.25, 0.3) is 0 Å². The third-order valence-electron chi connectivity index (χ3n) is 28.0. The van der Waals surface area contributed by atoms with E-state index >= 15 is 4.79 Å². The van der Waals surface area contributed by atoms with Gasteiger partial charge in [-0.2, -0.15) is 0 Å². The second-order valence-electron chi connectivity index (χ2n) is 31.4. The lowest BCUT2D eigenvalue weighted by Gasteiger charge is -2.61. The molecule has 6 heterocycles. The Morgan fingerprint density at radius 1 is 0.849 bits per heavy atom. The maximum Gasteiger partial charge on any atom is 0.303 e. The number of carbonyl (C=O) groups excluding carboxylic acids is 2. The first-order valence-electron chi connectivity index (χ1n) is 34.8. The first-order chi connectivity index (χ1) is 41.6. The molecule has 86 heavy (non-hydrogen) atoms. The summed E-state index contributed by atoms with van der Waals surface area (Å²) in [6.45, 7) is 3.96. The molecule has 17 atom stereocenters. The van der Waals surface area contributed by atoms with Gasteiger partial charge in [0.15, 0.2) is 17.5 Å². The molecule has 0 aromatic heterocycles. The predicted molar refractivity (Wildman–Crippen MR) is 341 cm³/mol. The van der Waals surface area contributed by atoms with E-state index in [4.69, 9.17) is 20.2 Å². The number of aryl methyl sites for hydroxylation is 1. The Labute approximate surface area is 520 Å². The number of allylic oxidation sites excluding steroid dienone is 1. The first kappa shape index (κ1) is 58.9. The second kappa shape index (κ2) is 22.2. The highest BCUT2D eigenvalue weighted by Crippen LogP contribution is 2.80. The number of aliphatic imine (C=N–C) groups is 1. The van der Waals surface area contributed by atoms with Crippen LogP contribution in [0.15, 0.2) is 53.5 Å². The molecular formula is C72H101N5O7S2. The number of aromatic hydroxyl groups is 1. The van der Waals surface area contributed by atoms with E-state index in [2.05, 4.69) is 87.8 Å². The number of nitrogens with two attached hydrogens (primary N) is 1. The second-order valence-corrected chi connectivity index (χ2v) is 34.0. The molecule has 10 aliphatic carbocycles. The lowest BCUT2D eigenvalue weighted by molar-refractivity contribution is -0.177. The molecular weight excluding hydrogens is 1110 g/mol. The molecule has 7 spiro atoms. The number of rotatable bonds is 4. The number of nitrogens with one attached hydrogen (secondary N) is 2. The molecule has 14 heteroatoms. The smallest absolute Gasteiger partial charge is 0.303 e. The minimum atomic E-state index is -0.865. The van der Waals surface area contributed by atoms with E-state index in [1.807, 2.05) is 4.90 Å². The Kier molecular flexibility index (Phi) is 15.2. The number of aliphatic hydroxyl groups is 2. The van der Waals surface area contributed by atoms with Crippen LogP contribution < -0.4 is 21.1 Å². The third-order valence-corrected chi connectivity index (χ3v) is 31.3. The Hall–Kier alpha value is -3.43. The van der Waals surface area contributed by atoms with E-state index in [-0.39, 0.29) is 85.9 Å². The van der Waals surface area contributed by atoms with Gasteiger partial charge >= 0.3 is 5.97 Å². The van der Waals surface area contributed by atoms with E-state index < -0.39 is 17.3 Å². The van der Waals surface area contributed by atoms with Gasteiger partial charge in [0.05, 0.1) is 12.2 Å². The summed E-state index contributed by atoms with van der Waals surface area (Å²) in [7, 11) is 6.32. The maximum atomic E-state index is 15.1. The van der Waals surface area contributed by atoms with Crippen molar-refractivity contribution in [3.05, 3.63) is 70.8 Å². The van der Waals surface area contributed by atoms with Gasteiger partial charge in [-0.3, -0.25) is 14.6 Å². The van der Waals surface area contributed by atoms with E-state index in [1.54, 1.807) is 0 Å². The zero-order valence-electron chi connectivity index (χ0n) is 51.9. The Morgan fingerprint density at radius 2 is 1.67 bits per heavy atom. The van der Waals surface area contributed by atoms with Crippen molar-refractivity contribution in [2.45, 2.75) is 246 Å². The quantitative estimate of drug-likeness (QED) is 0.0971. The zero-order chi connectivity index (χ0) is 58.9. The molecule has 0 radical (unpaired) electrons. The molecule has 6 aliphatic heterocycles. The van der Waals surface area contributed by atoms with E-state index in [1.165, 1.54) is 76.7 Å². The molecule has 468 valence electrons. The molecule has 1 saturated heterocycles. The van der Waals surface area contributed by atoms with Crippen LogP contribution in [-0.2, 0) is 27.3 Å². The number of esters is 1. The molecule has 16 aliphatic rings. The van der Waals surface area contributed by atoms with Gasteiger partial charge in [0.1, 0.15) is 16.1 Å². The van der Waals surface area contributed by atoms with Crippen LogP contribution in [0.1, 0.15) is 227 Å². The van der Waals surface area contributed by atoms with E-state index in [0.29, 0.717) is 86.1 Å². The van der Waals surface area contributed by atoms with Crippen molar-refractivity contribution in [1.29, 1.82) is 0 Å². The minimum absolute atomic E-state index is 0.0426. The highest BCUT2D eigenvalue weighted by molar-refractivity contribution is 8.77. The van der Waals surface area contributed by atoms with Crippen molar-refractivity contribution in [3.63, 3.8) is 0 Å². The fourth-order valence-electron chi connectivity index (χ4n) is 24.4. The van der Waals surface area contributed by atoms with Gasteiger partial charge in [0.2, 0.25) is 5.91 Å². The normalized spacial score (nSPS) is 44.2. The molecule has 2 aromatic carbocycles. The van der Waals surface area contributed by atoms with Gasteiger partial charge in [-0.1, -0.05) is 77.3 Å². The van der Waals surface area contributed by atoms with Crippen molar-refractivity contribution >= 4 is 39.4 Å². The molecule has 12 nitrogen and oxygen atoms in total. The highest BCUT2D eigenvalue weighted by Gasteiger charge is 2.74. The van der Waals surface area contributed by atoms with Gasteiger partial charge in [0, 0.05) is 84.4 Å². The lowest BCUT2D eigenvalue weighted by Crippen LogP contribution is -2.58. The average molecular weight is 1210 g/mol. The van der Waals surface area contributed by atoms with Crippen LogP contribution >= 0.6 is 21.6 Å². The van der Waals surface area contributed by atoms with Gasteiger partial charge in [-0.25, -0.2) is 0 Å². The van der Waals surface area contributed by atoms with Crippen LogP contribution in [0.2, 0.25) is 0 Å². The van der Waals surface area contributed by atoms with Gasteiger partial charge < -0.3 is 46.1 Å². The van der Waals surface area contributed by atoms with Crippen molar-refractivity contribution in [2.75, 3.05) is 32.4 Å². The minimum Gasteiger partial charge on any atom is -0.504 e. The summed E-state index contributed by atoms with van der Waals surface area (Å²) in [6, 6.07) is 13.0. The van der Waals surface area contributed by atoms with Crippen LogP contribution in [-0.4, -0.2) is 98.8 Å². The first-order valence-corrected chi connectivity index (χ1v) is 37.1. The fraction of sp³-hybridized carbons (Fsp3) is 0.764. The SMILES string of the molecule is CNC[C@H]1CC[C@]2(CC[C@]3(C[C@H]4CC[C@H]3CSS[C@@]3(CCCC35CCCC5)NC(N)=NC[C@@H]3CC[C@H](c5ccccc5)[C@]35CC(=O)N(Cc3cc(c6c(c3O)O[C@]37C=C[C@H]6C[C@@H]3CCC7)CC[C@]3(OC(C)=O)CC[C@H]4[C@H](O)C3)C5)[C@@]23CCC[C@@H]3O)C1. The summed E-state index contributed by atoms with van der Waals surface area (Å²) >= 11 is 0. The Balaban J connectivity index is 0.833. The van der Waals surface area contributed by atoms with E-state index in [0.717, 1.165) is 120 Å². The summed E-state index contributed by atoms with van der Waals surface area (Å²) < 4.78 is 13.9. The number of phenolic OH excluding ortho intramolecular Hbond substituents is 1. The topological polar surface area (TPSA) is 179 Å². The van der Waals surface area contributed by atoms with Gasteiger partial charge in [-0.15, -0.1) is 0 Å². The summed E-state index contributed by atoms with van der Waals surface area (Å²) in [5, 5.41) is 46.6. The zero-order valence-corrected chi connectivity index (χ0v) is 53.5. The Bertz CT molecular complexity index is 2990. The number of guanidine groups is 1. The molecule has 10 bridgehead atoms. The number of nitrogens with zero attached hydrogens (tertiary/aromatic N) is 2. The van der Waals surface area contributed by atoms with Crippen molar-refractivity contribution < 1.29 is 34.4 Å². The number of hydrogen-bond acceptors (Lipinski definition) is 13. The number of aliphatic hydroxyl groups excluding tert-OH is 2. The number of ether oxygens (including phenoxy) is 2. The molecule has 10 fully saturated rings. The van der Waals surface area contributed by atoms with Gasteiger partial charge in [0.25, 0.3) is 0 Å². The molecule has 0 unspecified atom stereocenters. The monoisotopic (exact) mass is 1210 g/mol. The predicted octanol–water partition coefficient (Wildman–Crippen LogP) is 13.1. The summed E-state index contributed by atoms with van der Waals surface area (Å²) in [5.41, 5.74) is 9.84. The average Bonchev–Trinajstić information content (AvgIpc) is 1.51. The lowest BCUT2D eigenvalue weighted by atomic mass is 9.45. The van der Waals surface area contributed by atoms with Crippen molar-refractivity contribution in [3.8, 4) is 11.5 Å². The number of amides is 1. The number of carbonyl (C=O) groups is 2. The van der Waals surface area contributed by atoms with Crippen molar-refractivity contribution in [2.24, 2.45) is 73.3 Å². The Morgan fingerprint density at radius 3 is 2.48 bits per heavy atom. The molecule has 1 amide bonds. The molecule has 2 aromatic rings. The van der Waals surface area contributed by atoms with E-state index in [9.17, 15) is 20.1 Å². The fourth-order valence-corrected chi connectivity index (χ4v) is 28.4. The number of phenols is 1. The van der Waals surface area contributed by atoms with Crippen molar-refractivity contribution in [1.82, 2.24) is 15.5 Å². The maximum absolute atomic E-state index is 15.1. The number of hydrogen-bond donors (Lipinski definition) is 6. The van der Waals surface area contributed by atoms with Gasteiger partial charge in [-0.05, 0) is 244 Å². The highest BCUT2D eigenvalue weighted by atomic mass is 33.1. The van der Waals surface area contributed by atoms with Crippen LogP contribution in [0.3, 0.4) is 0 Å². The molecule has 9 saturated carbocycles. The third kappa shape index (κ3) is 9.11. The standard InChI is InChI=1S/C72H101N5O7S2/c1-46(78)83-67-30-20-49-35-52(62(82)63-61(49)50-21-32-70(84-63)26-8-13-53(70)36-50)43-77-45-68(40-60(77)81)54(17-18-57(68)48-11-4-3-5-12-48)42-75-64(73)76-72(28-10-25-65(72)23-6-7-24-65)86-85-44-55-16-15-51(56(22-31-67)58(79)39-67)38-69(55)34-33-66(29-19-47(37-66)41-74-2)71(69)27-9-14-59(71)80/h3-5,11-12,21,32,35,47,50-51,53-59,74,79-80,82H,6-10,13-20,22-31,33-34,36-45H2,1-2H3,(H3,73,75,76)/t47-,50-,51+,53-,54-,55-,56+,57+,58+,59-,66-,67-,68-,69+,70+,71+,72+/m0/s1.